The zero-order chi connectivity index (χ0) is 13.0. The van der Waals surface area contributed by atoms with Crippen LogP contribution >= 0.6 is 27.7 Å². The van der Waals surface area contributed by atoms with Gasteiger partial charge < -0.3 is 10.5 Å². The third kappa shape index (κ3) is 3.28. The fourth-order valence-electron chi connectivity index (χ4n) is 1.55. The minimum atomic E-state index is 0.558. The number of hydrogen-bond acceptors (Lipinski definition) is 3. The molecular weight excluding hydrogens is 310 g/mol. The number of halogens is 1. The molecule has 2 nitrogen and oxygen atoms in total. The molecule has 2 rings (SSSR count). The summed E-state index contributed by atoms with van der Waals surface area (Å²) >= 11 is 5.27. The minimum Gasteiger partial charge on any atom is -0.497 e. The summed E-state index contributed by atoms with van der Waals surface area (Å²) in [6.07, 6.45) is 0. The van der Waals surface area contributed by atoms with Gasteiger partial charge in [-0.15, -0.1) is 0 Å². The quantitative estimate of drug-likeness (QED) is 0.921. The molecule has 2 aromatic carbocycles. The third-order valence-electron chi connectivity index (χ3n) is 2.50. The van der Waals surface area contributed by atoms with Gasteiger partial charge in [0.1, 0.15) is 5.75 Å². The first-order valence-electron chi connectivity index (χ1n) is 5.53. The maximum atomic E-state index is 5.62. The van der Waals surface area contributed by atoms with E-state index in [1.165, 1.54) is 4.90 Å². The molecule has 0 aliphatic heterocycles. The maximum absolute atomic E-state index is 5.62. The van der Waals surface area contributed by atoms with Gasteiger partial charge in [-0.3, -0.25) is 0 Å². The van der Waals surface area contributed by atoms with Crippen molar-refractivity contribution in [2.75, 3.05) is 7.11 Å². The van der Waals surface area contributed by atoms with Gasteiger partial charge in [0, 0.05) is 20.8 Å². The van der Waals surface area contributed by atoms with Gasteiger partial charge in [0.25, 0.3) is 0 Å². The molecule has 0 spiro atoms. The second-order valence-electron chi connectivity index (χ2n) is 3.75. The molecule has 94 valence electrons. The molecular formula is C14H14BrNOS. The van der Waals surface area contributed by atoms with Crippen LogP contribution in [0.15, 0.2) is 56.7 Å². The van der Waals surface area contributed by atoms with E-state index in [4.69, 9.17) is 10.5 Å². The molecule has 4 heteroatoms. The van der Waals surface area contributed by atoms with Gasteiger partial charge in [-0.05, 0) is 51.8 Å². The van der Waals surface area contributed by atoms with Crippen LogP contribution in [-0.2, 0) is 6.54 Å². The lowest BCUT2D eigenvalue weighted by atomic mass is 10.2. The van der Waals surface area contributed by atoms with Crippen molar-refractivity contribution in [3.63, 3.8) is 0 Å². The van der Waals surface area contributed by atoms with E-state index in [-0.39, 0.29) is 0 Å². The lowest BCUT2D eigenvalue weighted by Crippen LogP contribution is -1.95. The first-order valence-corrected chi connectivity index (χ1v) is 7.14. The summed E-state index contributed by atoms with van der Waals surface area (Å²) in [5, 5.41) is 0. The lowest BCUT2D eigenvalue weighted by molar-refractivity contribution is 0.413. The van der Waals surface area contributed by atoms with Crippen LogP contribution in [0.1, 0.15) is 5.56 Å². The topological polar surface area (TPSA) is 35.2 Å². The van der Waals surface area contributed by atoms with Crippen molar-refractivity contribution in [1.82, 2.24) is 0 Å². The zero-order valence-corrected chi connectivity index (χ0v) is 12.4. The first-order chi connectivity index (χ1) is 8.72. The highest BCUT2D eigenvalue weighted by atomic mass is 79.9. The highest BCUT2D eigenvalue weighted by Gasteiger charge is 2.04. The van der Waals surface area contributed by atoms with Crippen LogP contribution in [0.4, 0.5) is 0 Å². The van der Waals surface area contributed by atoms with Crippen LogP contribution in [0.25, 0.3) is 0 Å². The Morgan fingerprint density at radius 3 is 2.72 bits per heavy atom. The highest BCUT2D eigenvalue weighted by molar-refractivity contribution is 9.10. The Morgan fingerprint density at radius 2 is 2.06 bits per heavy atom. The lowest BCUT2D eigenvalue weighted by Gasteiger charge is -2.07. The molecule has 0 unspecified atom stereocenters. The molecule has 0 atom stereocenters. The normalized spacial score (nSPS) is 10.4. The zero-order valence-electron chi connectivity index (χ0n) is 10.0. The first kappa shape index (κ1) is 13.5. The predicted molar refractivity (Wildman–Crippen MR) is 79.2 cm³/mol. The summed E-state index contributed by atoms with van der Waals surface area (Å²) in [6.45, 7) is 0.558. The molecule has 2 N–H and O–H groups in total. The van der Waals surface area contributed by atoms with E-state index in [2.05, 4.69) is 34.1 Å². The van der Waals surface area contributed by atoms with Crippen molar-refractivity contribution >= 4 is 27.7 Å². The Kier molecular flexibility index (Phi) is 4.69. The van der Waals surface area contributed by atoms with Gasteiger partial charge in [-0.2, -0.15) is 0 Å². The monoisotopic (exact) mass is 323 g/mol. The second-order valence-corrected chi connectivity index (χ2v) is 5.72. The van der Waals surface area contributed by atoms with Gasteiger partial charge in [0.15, 0.2) is 0 Å². The number of benzene rings is 2. The van der Waals surface area contributed by atoms with Crippen molar-refractivity contribution in [2.45, 2.75) is 16.3 Å². The third-order valence-corrected chi connectivity index (χ3v) is 4.49. The number of methoxy groups -OCH3 is 1. The van der Waals surface area contributed by atoms with E-state index < -0.39 is 0 Å². The molecule has 0 amide bonds. The number of nitrogens with two attached hydrogens (primary N) is 1. The van der Waals surface area contributed by atoms with Crippen LogP contribution in [-0.4, -0.2) is 7.11 Å². The summed E-state index contributed by atoms with van der Waals surface area (Å²) in [5.74, 6) is 0.870. The van der Waals surface area contributed by atoms with Crippen LogP contribution in [0.2, 0.25) is 0 Å². The van der Waals surface area contributed by atoms with Gasteiger partial charge in [-0.1, -0.05) is 23.9 Å². The average molecular weight is 324 g/mol. The van der Waals surface area contributed by atoms with E-state index in [9.17, 15) is 0 Å². The molecule has 0 radical (unpaired) electrons. The van der Waals surface area contributed by atoms with E-state index >= 15 is 0 Å². The molecule has 0 saturated heterocycles. The maximum Gasteiger partial charge on any atom is 0.119 e. The van der Waals surface area contributed by atoms with Crippen molar-refractivity contribution < 1.29 is 4.74 Å². The number of ether oxygens (including phenoxy) is 1. The molecule has 18 heavy (non-hydrogen) atoms. The Hall–Kier alpha value is -0.970. The van der Waals surface area contributed by atoms with Crippen molar-refractivity contribution in [1.29, 1.82) is 0 Å². The van der Waals surface area contributed by atoms with Crippen molar-refractivity contribution in [3.05, 3.63) is 52.5 Å². The number of rotatable bonds is 4. The van der Waals surface area contributed by atoms with E-state index in [0.29, 0.717) is 6.54 Å². The van der Waals surface area contributed by atoms with E-state index in [0.717, 1.165) is 20.7 Å². The standard InChI is InChI=1S/C14H14BrNOS/c1-17-11-3-2-4-12(8-11)18-14-6-5-10(9-16)7-13(14)15/h2-8H,9,16H2,1H3. The Balaban J connectivity index is 2.22. The van der Waals surface area contributed by atoms with Crippen LogP contribution in [0, 0.1) is 0 Å². The van der Waals surface area contributed by atoms with E-state index in [1.54, 1.807) is 18.9 Å². The van der Waals surface area contributed by atoms with Crippen LogP contribution < -0.4 is 10.5 Å². The Bertz CT molecular complexity index is 545. The molecule has 0 aliphatic carbocycles. The average Bonchev–Trinajstić information content (AvgIpc) is 2.41. The van der Waals surface area contributed by atoms with Crippen molar-refractivity contribution in [3.8, 4) is 5.75 Å². The smallest absolute Gasteiger partial charge is 0.119 e. The second kappa shape index (κ2) is 6.27. The molecule has 0 fully saturated rings. The molecule has 0 aromatic heterocycles. The largest absolute Gasteiger partial charge is 0.497 e. The SMILES string of the molecule is COc1cccc(Sc2ccc(CN)cc2Br)c1. The summed E-state index contributed by atoms with van der Waals surface area (Å²) in [6, 6.07) is 14.2. The van der Waals surface area contributed by atoms with Gasteiger partial charge in [-0.25, -0.2) is 0 Å². The Morgan fingerprint density at radius 1 is 1.22 bits per heavy atom. The van der Waals surface area contributed by atoms with Gasteiger partial charge in [0.05, 0.1) is 7.11 Å². The highest BCUT2D eigenvalue weighted by Crippen LogP contribution is 2.35. The fourth-order valence-corrected chi connectivity index (χ4v) is 3.08. The summed E-state index contributed by atoms with van der Waals surface area (Å²) in [4.78, 5) is 2.32. The van der Waals surface area contributed by atoms with Gasteiger partial charge >= 0.3 is 0 Å². The van der Waals surface area contributed by atoms with Gasteiger partial charge in [0.2, 0.25) is 0 Å². The van der Waals surface area contributed by atoms with Crippen molar-refractivity contribution in [2.24, 2.45) is 5.73 Å². The van der Waals surface area contributed by atoms with E-state index in [1.807, 2.05) is 24.3 Å². The van der Waals surface area contributed by atoms with Crippen LogP contribution in [0.5, 0.6) is 5.75 Å². The molecule has 0 aliphatic rings. The summed E-state index contributed by atoms with van der Waals surface area (Å²) in [7, 11) is 1.68. The predicted octanol–water partition coefficient (Wildman–Crippen LogP) is 4.07. The molecule has 0 heterocycles. The Labute approximate surface area is 120 Å². The molecule has 2 aromatic rings. The number of hydrogen-bond donors (Lipinski definition) is 1. The minimum absolute atomic E-state index is 0.558. The van der Waals surface area contributed by atoms with Crippen LogP contribution in [0.3, 0.4) is 0 Å². The fraction of sp³-hybridized carbons (Fsp3) is 0.143. The molecule has 0 bridgehead atoms. The molecule has 0 saturated carbocycles. The summed E-state index contributed by atoms with van der Waals surface area (Å²) < 4.78 is 6.29. The summed E-state index contributed by atoms with van der Waals surface area (Å²) in [5.41, 5.74) is 6.74.